The number of carbonyl (C=O) groups excluding carboxylic acids is 1. The van der Waals surface area contributed by atoms with Gasteiger partial charge in [0.25, 0.3) is 0 Å². The Balaban J connectivity index is 1.41. The molecule has 2 aromatic rings. The van der Waals surface area contributed by atoms with Crippen molar-refractivity contribution in [1.82, 2.24) is 15.0 Å². The van der Waals surface area contributed by atoms with E-state index in [1.807, 2.05) is 24.0 Å². The Bertz CT molecular complexity index is 792. The predicted molar refractivity (Wildman–Crippen MR) is 95.0 cm³/mol. The van der Waals surface area contributed by atoms with Gasteiger partial charge < -0.3 is 9.42 Å². The van der Waals surface area contributed by atoms with Gasteiger partial charge in [0.15, 0.2) is 5.76 Å². The third-order valence-corrected chi connectivity index (χ3v) is 5.71. The number of benzene rings is 1. The Morgan fingerprint density at radius 2 is 2.00 bits per heavy atom. The maximum absolute atomic E-state index is 13.7. The Morgan fingerprint density at radius 1 is 1.23 bits per heavy atom. The fourth-order valence-corrected chi connectivity index (χ4v) is 4.07. The average molecular weight is 357 g/mol. The van der Waals surface area contributed by atoms with E-state index >= 15 is 0 Å². The van der Waals surface area contributed by atoms with Gasteiger partial charge in [0.1, 0.15) is 5.82 Å². The van der Waals surface area contributed by atoms with E-state index in [-0.39, 0.29) is 11.7 Å². The first kappa shape index (κ1) is 17.2. The number of halogens is 1. The summed E-state index contributed by atoms with van der Waals surface area (Å²) >= 11 is 0. The van der Waals surface area contributed by atoms with Gasteiger partial charge in [0.2, 0.25) is 5.91 Å². The number of piperazine rings is 1. The molecular weight excluding hydrogens is 333 g/mol. The molecule has 6 heteroatoms. The molecule has 0 N–H and O–H groups in total. The Kier molecular flexibility index (Phi) is 4.53. The number of aromatic nitrogens is 1. The van der Waals surface area contributed by atoms with Crippen molar-refractivity contribution in [2.24, 2.45) is 0 Å². The van der Waals surface area contributed by atoms with Crippen LogP contribution in [-0.2, 0) is 16.8 Å². The molecule has 1 saturated heterocycles. The lowest BCUT2D eigenvalue weighted by Gasteiger charge is -2.46. The number of rotatable bonds is 4. The fourth-order valence-electron chi connectivity index (χ4n) is 4.07. The standard InChI is InChI=1S/C20H24FN3O2/c1-15-12-18(26-22-15)14-23-8-10-24(11-9-23)19(25)20(6-3-7-20)16-4-2-5-17(21)13-16/h2,4-5,12-13H,3,6-11,14H2,1H3. The maximum atomic E-state index is 13.7. The van der Waals surface area contributed by atoms with Crippen molar-refractivity contribution in [1.29, 1.82) is 0 Å². The number of carbonyl (C=O) groups is 1. The summed E-state index contributed by atoms with van der Waals surface area (Å²) in [5, 5.41) is 3.92. The molecule has 0 bridgehead atoms. The molecule has 0 spiro atoms. The van der Waals surface area contributed by atoms with Crippen LogP contribution in [0.1, 0.15) is 36.3 Å². The average Bonchev–Trinajstić information content (AvgIpc) is 2.99. The summed E-state index contributed by atoms with van der Waals surface area (Å²) < 4.78 is 19.0. The second-order valence-corrected chi connectivity index (χ2v) is 7.45. The molecule has 138 valence electrons. The van der Waals surface area contributed by atoms with Crippen molar-refractivity contribution in [3.63, 3.8) is 0 Å². The van der Waals surface area contributed by atoms with Gasteiger partial charge in [-0.3, -0.25) is 9.69 Å². The van der Waals surface area contributed by atoms with Crippen LogP contribution in [-0.4, -0.2) is 47.0 Å². The molecule has 1 saturated carbocycles. The lowest BCUT2D eigenvalue weighted by atomic mass is 9.63. The largest absolute Gasteiger partial charge is 0.360 e. The van der Waals surface area contributed by atoms with Crippen LogP contribution in [0, 0.1) is 12.7 Å². The Labute approximate surface area is 152 Å². The van der Waals surface area contributed by atoms with Gasteiger partial charge in [-0.1, -0.05) is 23.7 Å². The van der Waals surface area contributed by atoms with Crippen molar-refractivity contribution in [3.8, 4) is 0 Å². The minimum absolute atomic E-state index is 0.157. The highest BCUT2D eigenvalue weighted by molar-refractivity contribution is 5.89. The van der Waals surface area contributed by atoms with Crippen LogP contribution in [0.5, 0.6) is 0 Å². The van der Waals surface area contributed by atoms with Gasteiger partial charge in [-0.15, -0.1) is 0 Å². The smallest absolute Gasteiger partial charge is 0.233 e. The molecule has 4 rings (SSSR count). The van der Waals surface area contributed by atoms with Gasteiger partial charge in [-0.2, -0.15) is 0 Å². The zero-order valence-electron chi connectivity index (χ0n) is 15.1. The SMILES string of the molecule is Cc1cc(CN2CCN(C(=O)C3(c4cccc(F)c4)CCC3)CC2)on1. The minimum Gasteiger partial charge on any atom is -0.360 e. The number of hydrogen-bond donors (Lipinski definition) is 0. The highest BCUT2D eigenvalue weighted by atomic mass is 19.1. The molecule has 0 unspecified atom stereocenters. The molecule has 1 amide bonds. The summed E-state index contributed by atoms with van der Waals surface area (Å²) in [7, 11) is 0. The molecule has 1 aromatic heterocycles. The van der Waals surface area contributed by atoms with E-state index < -0.39 is 5.41 Å². The lowest BCUT2D eigenvalue weighted by molar-refractivity contribution is -0.142. The third kappa shape index (κ3) is 3.14. The van der Waals surface area contributed by atoms with E-state index in [4.69, 9.17) is 4.52 Å². The second-order valence-electron chi connectivity index (χ2n) is 7.45. The second kappa shape index (κ2) is 6.83. The van der Waals surface area contributed by atoms with Crippen LogP contribution < -0.4 is 0 Å². The number of amides is 1. The van der Waals surface area contributed by atoms with Gasteiger partial charge >= 0.3 is 0 Å². The van der Waals surface area contributed by atoms with Crippen molar-refractivity contribution >= 4 is 5.91 Å². The highest BCUT2D eigenvalue weighted by Gasteiger charge is 2.48. The van der Waals surface area contributed by atoms with Crippen molar-refractivity contribution < 1.29 is 13.7 Å². The zero-order chi connectivity index (χ0) is 18.1. The first-order chi connectivity index (χ1) is 12.6. The van der Waals surface area contributed by atoms with Gasteiger partial charge in [0.05, 0.1) is 17.7 Å². The van der Waals surface area contributed by atoms with Crippen molar-refractivity contribution in [2.45, 2.75) is 38.1 Å². The first-order valence-corrected chi connectivity index (χ1v) is 9.27. The summed E-state index contributed by atoms with van der Waals surface area (Å²) in [5.74, 6) is 0.746. The Hall–Kier alpha value is -2.21. The molecule has 1 aromatic carbocycles. The highest BCUT2D eigenvalue weighted by Crippen LogP contribution is 2.45. The van der Waals surface area contributed by atoms with Crippen molar-refractivity contribution in [3.05, 3.63) is 53.2 Å². The van der Waals surface area contributed by atoms with Gasteiger partial charge in [-0.05, 0) is 37.5 Å². The molecule has 1 aliphatic carbocycles. The quantitative estimate of drug-likeness (QED) is 0.844. The summed E-state index contributed by atoms with van der Waals surface area (Å²) in [6.45, 7) is 5.65. The van der Waals surface area contributed by atoms with Crippen LogP contribution in [0.15, 0.2) is 34.9 Å². The Morgan fingerprint density at radius 3 is 2.58 bits per heavy atom. The molecule has 2 heterocycles. The van der Waals surface area contributed by atoms with Crippen LogP contribution in [0.3, 0.4) is 0 Å². The normalized spacial score (nSPS) is 20.0. The maximum Gasteiger partial charge on any atom is 0.233 e. The number of hydrogen-bond acceptors (Lipinski definition) is 4. The molecule has 26 heavy (non-hydrogen) atoms. The molecule has 0 radical (unpaired) electrons. The van der Waals surface area contributed by atoms with Crippen LogP contribution in [0.2, 0.25) is 0 Å². The van der Waals surface area contributed by atoms with Crippen LogP contribution in [0.25, 0.3) is 0 Å². The fraction of sp³-hybridized carbons (Fsp3) is 0.500. The molecule has 5 nitrogen and oxygen atoms in total. The lowest BCUT2D eigenvalue weighted by Crippen LogP contribution is -2.56. The van der Waals surface area contributed by atoms with E-state index in [9.17, 15) is 9.18 Å². The van der Waals surface area contributed by atoms with Crippen LogP contribution in [0.4, 0.5) is 4.39 Å². The minimum atomic E-state index is -0.522. The third-order valence-electron chi connectivity index (χ3n) is 5.71. The topological polar surface area (TPSA) is 49.6 Å². The molecule has 2 aliphatic rings. The van der Waals surface area contributed by atoms with E-state index in [1.165, 1.54) is 12.1 Å². The molecular formula is C20H24FN3O2. The van der Waals surface area contributed by atoms with Crippen molar-refractivity contribution in [2.75, 3.05) is 26.2 Å². The summed E-state index contributed by atoms with van der Waals surface area (Å²) in [5.41, 5.74) is 1.19. The summed E-state index contributed by atoms with van der Waals surface area (Å²) in [4.78, 5) is 17.5. The predicted octanol–water partition coefficient (Wildman–Crippen LogP) is 2.89. The number of nitrogens with zero attached hydrogens (tertiary/aromatic N) is 3. The van der Waals surface area contributed by atoms with E-state index in [1.54, 1.807) is 6.07 Å². The monoisotopic (exact) mass is 357 g/mol. The molecule has 0 atom stereocenters. The van der Waals surface area contributed by atoms with Gasteiger partial charge in [0, 0.05) is 32.2 Å². The van der Waals surface area contributed by atoms with E-state index in [2.05, 4.69) is 10.1 Å². The molecule has 1 aliphatic heterocycles. The van der Waals surface area contributed by atoms with E-state index in [0.717, 1.165) is 55.9 Å². The molecule has 2 fully saturated rings. The summed E-state index contributed by atoms with van der Waals surface area (Å²) in [6.07, 6.45) is 2.65. The first-order valence-electron chi connectivity index (χ1n) is 9.27. The number of aryl methyl sites for hydroxylation is 1. The summed E-state index contributed by atoms with van der Waals surface area (Å²) in [6, 6.07) is 8.51. The van der Waals surface area contributed by atoms with E-state index in [0.29, 0.717) is 13.1 Å². The van der Waals surface area contributed by atoms with Gasteiger partial charge in [-0.25, -0.2) is 4.39 Å². The zero-order valence-corrected chi connectivity index (χ0v) is 15.1. The van der Waals surface area contributed by atoms with Crippen LogP contribution >= 0.6 is 0 Å².